The van der Waals surface area contributed by atoms with Gasteiger partial charge in [0.05, 0.1) is 0 Å². The Kier molecular flexibility index (Phi) is 2.47. The Labute approximate surface area is 70.4 Å². The molecule has 0 aromatic heterocycles. The number of amides is 1. The van der Waals surface area contributed by atoms with E-state index < -0.39 is 0 Å². The van der Waals surface area contributed by atoms with Gasteiger partial charge in [-0.15, -0.1) is 0 Å². The van der Waals surface area contributed by atoms with E-state index in [9.17, 15) is 9.59 Å². The highest BCUT2D eigenvalue weighted by molar-refractivity contribution is 5.90. The minimum Gasteiger partial charge on any atom is -0.455 e. The zero-order valence-corrected chi connectivity index (χ0v) is 6.87. The third kappa shape index (κ3) is 2.08. The number of rotatable bonds is 3. The van der Waals surface area contributed by atoms with Gasteiger partial charge in [0.2, 0.25) is 5.91 Å². The van der Waals surface area contributed by atoms with Crippen LogP contribution in [0, 0.1) is 0 Å². The van der Waals surface area contributed by atoms with Crippen LogP contribution in [0.5, 0.6) is 0 Å². The molecule has 0 fully saturated rings. The number of hydrogen-bond acceptors (Lipinski definition) is 3. The van der Waals surface area contributed by atoms with Crippen molar-refractivity contribution in [2.24, 2.45) is 5.73 Å². The summed E-state index contributed by atoms with van der Waals surface area (Å²) in [6.07, 6.45) is 2.19. The highest BCUT2D eigenvalue weighted by Crippen LogP contribution is 2.16. The van der Waals surface area contributed by atoms with E-state index in [4.69, 9.17) is 10.5 Å². The van der Waals surface area contributed by atoms with Crippen molar-refractivity contribution >= 4 is 11.9 Å². The number of cyclic esters (lactones) is 1. The molecular weight excluding hydrogens is 158 g/mol. The summed E-state index contributed by atoms with van der Waals surface area (Å²) >= 11 is 0. The number of carbonyl (C=O) groups excluding carboxylic acids is 2. The van der Waals surface area contributed by atoms with E-state index in [1.807, 2.05) is 0 Å². The molecule has 1 rings (SSSR count). The molecule has 1 aliphatic rings. The fourth-order valence-corrected chi connectivity index (χ4v) is 1.04. The highest BCUT2D eigenvalue weighted by Gasteiger charge is 2.21. The monoisotopic (exact) mass is 169 g/mol. The third-order valence-electron chi connectivity index (χ3n) is 1.69. The largest absolute Gasteiger partial charge is 0.455 e. The van der Waals surface area contributed by atoms with Crippen LogP contribution in [0.2, 0.25) is 0 Å². The topological polar surface area (TPSA) is 69.4 Å². The summed E-state index contributed by atoms with van der Waals surface area (Å²) in [5.41, 5.74) is 5.54. The molecule has 4 heteroatoms. The van der Waals surface area contributed by atoms with Crippen LogP contribution in [0.1, 0.15) is 19.8 Å². The molecule has 1 amide bonds. The molecule has 2 N–H and O–H groups in total. The fraction of sp³-hybridized carbons (Fsp3) is 0.500. The first-order valence-corrected chi connectivity index (χ1v) is 3.77. The lowest BCUT2D eigenvalue weighted by Gasteiger charge is -2.05. The molecule has 4 nitrogen and oxygen atoms in total. The Morgan fingerprint density at radius 2 is 2.42 bits per heavy atom. The summed E-state index contributed by atoms with van der Waals surface area (Å²) in [7, 11) is 0. The average Bonchev–Trinajstić information content (AvgIpc) is 2.28. The van der Waals surface area contributed by atoms with Crippen LogP contribution in [0.15, 0.2) is 11.6 Å². The smallest absolute Gasteiger partial charge is 0.334 e. The number of esters is 1. The van der Waals surface area contributed by atoms with Crippen molar-refractivity contribution in [3.8, 4) is 0 Å². The van der Waals surface area contributed by atoms with Crippen molar-refractivity contribution in [3.63, 3.8) is 0 Å². The summed E-state index contributed by atoms with van der Waals surface area (Å²) in [4.78, 5) is 21.2. The van der Waals surface area contributed by atoms with Gasteiger partial charge in [-0.25, -0.2) is 4.79 Å². The molecule has 1 atom stereocenters. The van der Waals surface area contributed by atoms with Gasteiger partial charge in [-0.05, 0) is 19.4 Å². The predicted molar refractivity (Wildman–Crippen MR) is 42.1 cm³/mol. The molecule has 1 heterocycles. The van der Waals surface area contributed by atoms with E-state index in [1.165, 1.54) is 0 Å². The summed E-state index contributed by atoms with van der Waals surface area (Å²) < 4.78 is 4.88. The maximum absolute atomic E-state index is 10.8. The van der Waals surface area contributed by atoms with Gasteiger partial charge in [-0.3, -0.25) is 4.79 Å². The SMILES string of the molecule is CC1=CC(CCC(N)=O)OC1=O. The Morgan fingerprint density at radius 1 is 1.75 bits per heavy atom. The normalized spacial score (nSPS) is 21.9. The molecule has 1 unspecified atom stereocenters. The summed E-state index contributed by atoms with van der Waals surface area (Å²) in [5.74, 6) is -0.673. The number of hydrogen-bond donors (Lipinski definition) is 1. The fourth-order valence-electron chi connectivity index (χ4n) is 1.04. The Hall–Kier alpha value is -1.32. The van der Waals surface area contributed by atoms with Crippen molar-refractivity contribution < 1.29 is 14.3 Å². The predicted octanol–water partition coefficient (Wildman–Crippen LogP) is 0.124. The van der Waals surface area contributed by atoms with Crippen molar-refractivity contribution in [2.75, 3.05) is 0 Å². The van der Waals surface area contributed by atoms with Crippen molar-refractivity contribution in [3.05, 3.63) is 11.6 Å². The second kappa shape index (κ2) is 3.38. The zero-order valence-electron chi connectivity index (χ0n) is 6.87. The van der Waals surface area contributed by atoms with Gasteiger partial charge in [-0.2, -0.15) is 0 Å². The van der Waals surface area contributed by atoms with Crippen LogP contribution in [0.25, 0.3) is 0 Å². The first-order valence-electron chi connectivity index (χ1n) is 3.77. The van der Waals surface area contributed by atoms with Crippen LogP contribution >= 0.6 is 0 Å². The van der Waals surface area contributed by atoms with E-state index in [2.05, 4.69) is 0 Å². The third-order valence-corrected chi connectivity index (χ3v) is 1.69. The van der Waals surface area contributed by atoms with Gasteiger partial charge < -0.3 is 10.5 Å². The van der Waals surface area contributed by atoms with Gasteiger partial charge in [-0.1, -0.05) is 0 Å². The summed E-state index contributed by atoms with van der Waals surface area (Å²) in [5, 5.41) is 0. The molecule has 1 aliphatic heterocycles. The van der Waals surface area contributed by atoms with E-state index in [1.54, 1.807) is 13.0 Å². The molecular formula is C8H11NO3. The van der Waals surface area contributed by atoms with Crippen LogP contribution < -0.4 is 5.73 Å². The van der Waals surface area contributed by atoms with Gasteiger partial charge in [0.1, 0.15) is 6.10 Å². The summed E-state index contributed by atoms with van der Waals surface area (Å²) in [6.45, 7) is 1.69. The molecule has 0 aromatic carbocycles. The first-order chi connectivity index (χ1) is 5.59. The van der Waals surface area contributed by atoms with E-state index in [0.29, 0.717) is 12.0 Å². The standard InChI is InChI=1S/C8H11NO3/c1-5-4-6(12-8(5)11)2-3-7(9)10/h4,6H,2-3H2,1H3,(H2,9,10). The van der Waals surface area contributed by atoms with Crippen molar-refractivity contribution in [2.45, 2.75) is 25.9 Å². The minimum absolute atomic E-state index is 0.252. The van der Waals surface area contributed by atoms with Gasteiger partial charge in [0.25, 0.3) is 0 Å². The lowest BCUT2D eigenvalue weighted by Crippen LogP contribution is -2.15. The van der Waals surface area contributed by atoms with E-state index in [-0.39, 0.29) is 24.4 Å². The molecule has 0 spiro atoms. The number of carbonyl (C=O) groups is 2. The number of primary amides is 1. The summed E-state index contributed by atoms with van der Waals surface area (Å²) in [6, 6.07) is 0. The minimum atomic E-state index is -0.371. The van der Waals surface area contributed by atoms with Crippen LogP contribution in [0.3, 0.4) is 0 Å². The molecule has 0 aliphatic carbocycles. The molecule has 66 valence electrons. The van der Waals surface area contributed by atoms with E-state index in [0.717, 1.165) is 0 Å². The molecule has 0 aromatic rings. The molecule has 0 bridgehead atoms. The van der Waals surface area contributed by atoms with Crippen LogP contribution in [0.4, 0.5) is 0 Å². The van der Waals surface area contributed by atoms with Gasteiger partial charge in [0.15, 0.2) is 0 Å². The second-order valence-corrected chi connectivity index (χ2v) is 2.80. The van der Waals surface area contributed by atoms with Crippen molar-refractivity contribution in [1.29, 1.82) is 0 Å². The van der Waals surface area contributed by atoms with E-state index >= 15 is 0 Å². The quantitative estimate of drug-likeness (QED) is 0.610. The first kappa shape index (κ1) is 8.77. The zero-order chi connectivity index (χ0) is 9.14. The Balaban J connectivity index is 2.38. The Bertz CT molecular complexity index is 245. The van der Waals surface area contributed by atoms with Crippen molar-refractivity contribution in [1.82, 2.24) is 0 Å². The lowest BCUT2D eigenvalue weighted by atomic mass is 10.1. The van der Waals surface area contributed by atoms with Crippen LogP contribution in [-0.4, -0.2) is 18.0 Å². The number of ether oxygens (including phenoxy) is 1. The molecule has 0 saturated heterocycles. The van der Waals surface area contributed by atoms with Gasteiger partial charge in [0, 0.05) is 12.0 Å². The number of nitrogens with two attached hydrogens (primary N) is 1. The average molecular weight is 169 g/mol. The second-order valence-electron chi connectivity index (χ2n) is 2.80. The molecule has 0 saturated carbocycles. The van der Waals surface area contributed by atoms with Gasteiger partial charge >= 0.3 is 5.97 Å². The maximum atomic E-state index is 10.8. The van der Waals surface area contributed by atoms with Crippen LogP contribution in [-0.2, 0) is 14.3 Å². The highest BCUT2D eigenvalue weighted by atomic mass is 16.5. The lowest BCUT2D eigenvalue weighted by molar-refractivity contribution is -0.140. The Morgan fingerprint density at radius 3 is 2.83 bits per heavy atom. The molecule has 12 heavy (non-hydrogen) atoms. The maximum Gasteiger partial charge on any atom is 0.334 e. The molecule has 0 radical (unpaired) electrons.